The van der Waals surface area contributed by atoms with E-state index in [0.717, 1.165) is 41.1 Å². The summed E-state index contributed by atoms with van der Waals surface area (Å²) >= 11 is 6.87. The molecule has 234 valence electrons. The smallest absolute Gasteiger partial charge is 0.262 e. The van der Waals surface area contributed by atoms with Gasteiger partial charge < -0.3 is 19.7 Å². The fraction of sp³-hybridized carbons (Fsp3) is 0.472. The summed E-state index contributed by atoms with van der Waals surface area (Å²) in [4.78, 5) is 42.7. The van der Waals surface area contributed by atoms with E-state index < -0.39 is 5.92 Å². The van der Waals surface area contributed by atoms with Crippen molar-refractivity contribution < 1.29 is 23.9 Å². The second kappa shape index (κ2) is 11.7. The van der Waals surface area contributed by atoms with Crippen molar-refractivity contribution in [1.82, 2.24) is 4.90 Å². The topological polar surface area (TPSA) is 84.9 Å². The first kappa shape index (κ1) is 31.8. The average molecular weight is 619 g/mol. The molecule has 1 aliphatic heterocycles. The maximum absolute atomic E-state index is 13.9. The minimum atomic E-state index is -0.554. The number of hydrogen-bond donors (Lipinski definition) is 1. The number of benzene rings is 2. The van der Waals surface area contributed by atoms with Crippen LogP contribution in [0.3, 0.4) is 0 Å². The van der Waals surface area contributed by atoms with Crippen LogP contribution in [0.2, 0.25) is 5.02 Å². The Balaban J connectivity index is 1.54. The Morgan fingerprint density at radius 1 is 0.932 bits per heavy atom. The number of ketones is 2. The third kappa shape index (κ3) is 6.16. The standard InChI is InChI=1S/C36H43ClN2O5/c1-9-43-29-14-22(13-23(37)34(29)44-19-30(42)38-24-12-20(2)10-11-21(24)3)31-32-25(15-35(4,5)17-27(32)40)39(8)26-16-36(6,7)18-28(41)33(26)31/h10-14,31H,9,15-19H2,1-8H3,(H,38,42). The van der Waals surface area contributed by atoms with Crippen LogP contribution in [-0.2, 0) is 14.4 Å². The summed E-state index contributed by atoms with van der Waals surface area (Å²) in [6.45, 7) is 14.3. The Labute approximate surface area is 265 Å². The van der Waals surface area contributed by atoms with E-state index in [1.807, 2.05) is 52.1 Å². The number of rotatable bonds is 7. The van der Waals surface area contributed by atoms with Crippen LogP contribution in [0.4, 0.5) is 5.69 Å². The summed E-state index contributed by atoms with van der Waals surface area (Å²) in [5, 5.41) is 3.16. The van der Waals surface area contributed by atoms with Crippen molar-refractivity contribution in [2.45, 2.75) is 80.1 Å². The van der Waals surface area contributed by atoms with Gasteiger partial charge in [-0.05, 0) is 79.3 Å². The number of aryl methyl sites for hydroxylation is 2. The third-order valence-corrected chi connectivity index (χ3v) is 9.14. The molecule has 2 aliphatic carbocycles. The van der Waals surface area contributed by atoms with Crippen molar-refractivity contribution >= 4 is 34.8 Å². The second-order valence-electron chi connectivity index (χ2n) is 14.0. The van der Waals surface area contributed by atoms with Crippen LogP contribution in [0.1, 0.15) is 82.9 Å². The fourth-order valence-corrected chi connectivity index (χ4v) is 7.12. The number of anilines is 1. The van der Waals surface area contributed by atoms with Gasteiger partial charge in [-0.3, -0.25) is 14.4 Å². The summed E-state index contributed by atoms with van der Waals surface area (Å²) in [7, 11) is 1.99. The zero-order chi connectivity index (χ0) is 32.1. The lowest BCUT2D eigenvalue weighted by Crippen LogP contribution is -2.43. The lowest BCUT2D eigenvalue weighted by molar-refractivity contribution is -0.120. The Morgan fingerprint density at radius 3 is 2.09 bits per heavy atom. The van der Waals surface area contributed by atoms with Gasteiger partial charge in [-0.1, -0.05) is 51.4 Å². The number of carbonyl (C=O) groups is 3. The number of ether oxygens (including phenoxy) is 2. The van der Waals surface area contributed by atoms with Crippen LogP contribution in [0.25, 0.3) is 0 Å². The monoisotopic (exact) mass is 618 g/mol. The first-order chi connectivity index (χ1) is 20.6. The van der Waals surface area contributed by atoms with E-state index in [4.69, 9.17) is 21.1 Å². The predicted molar refractivity (Wildman–Crippen MR) is 173 cm³/mol. The number of nitrogens with one attached hydrogen (secondary N) is 1. The molecule has 0 atom stereocenters. The van der Waals surface area contributed by atoms with Gasteiger partial charge >= 0.3 is 0 Å². The van der Waals surface area contributed by atoms with Gasteiger partial charge in [0.2, 0.25) is 0 Å². The molecule has 0 saturated heterocycles. The summed E-state index contributed by atoms with van der Waals surface area (Å²) < 4.78 is 12.0. The van der Waals surface area contributed by atoms with Crippen LogP contribution >= 0.6 is 11.6 Å². The molecule has 0 fully saturated rings. The molecule has 0 unspecified atom stereocenters. The highest BCUT2D eigenvalue weighted by Gasteiger charge is 2.48. The van der Waals surface area contributed by atoms with Gasteiger partial charge in [0.15, 0.2) is 29.7 Å². The summed E-state index contributed by atoms with van der Waals surface area (Å²) in [5.41, 5.74) is 6.31. The van der Waals surface area contributed by atoms with E-state index in [9.17, 15) is 14.4 Å². The maximum Gasteiger partial charge on any atom is 0.262 e. The van der Waals surface area contributed by atoms with Gasteiger partial charge in [-0.15, -0.1) is 0 Å². The van der Waals surface area contributed by atoms with Gasteiger partial charge in [0.05, 0.1) is 11.6 Å². The highest BCUT2D eigenvalue weighted by molar-refractivity contribution is 6.32. The van der Waals surface area contributed by atoms with Crippen LogP contribution in [-0.4, -0.2) is 42.6 Å². The van der Waals surface area contributed by atoms with Gasteiger partial charge in [0.25, 0.3) is 5.91 Å². The van der Waals surface area contributed by atoms with Crippen LogP contribution in [0.5, 0.6) is 11.5 Å². The lowest BCUT2D eigenvalue weighted by atomic mass is 9.63. The molecular weight excluding hydrogens is 576 g/mol. The molecule has 1 N–H and O–H groups in total. The van der Waals surface area contributed by atoms with Gasteiger partial charge in [0, 0.05) is 54.0 Å². The molecule has 0 aromatic heterocycles. The Hall–Kier alpha value is -3.58. The van der Waals surface area contributed by atoms with Crippen molar-refractivity contribution in [1.29, 1.82) is 0 Å². The molecule has 1 amide bonds. The molecule has 8 heteroatoms. The largest absolute Gasteiger partial charge is 0.490 e. The van der Waals surface area contributed by atoms with E-state index in [0.29, 0.717) is 41.9 Å². The minimum Gasteiger partial charge on any atom is -0.490 e. The van der Waals surface area contributed by atoms with Crippen molar-refractivity contribution in [3.63, 3.8) is 0 Å². The lowest BCUT2D eigenvalue weighted by Gasteiger charge is -2.48. The van der Waals surface area contributed by atoms with Crippen molar-refractivity contribution in [3.8, 4) is 11.5 Å². The second-order valence-corrected chi connectivity index (χ2v) is 14.4. The first-order valence-electron chi connectivity index (χ1n) is 15.3. The molecule has 7 nitrogen and oxygen atoms in total. The summed E-state index contributed by atoms with van der Waals surface area (Å²) in [6, 6.07) is 9.43. The molecular formula is C36H43ClN2O5. The number of allylic oxidation sites excluding steroid dienone is 4. The van der Waals surface area contributed by atoms with Crippen LogP contribution in [0.15, 0.2) is 52.9 Å². The number of halogens is 1. The predicted octanol–water partition coefficient (Wildman–Crippen LogP) is 7.69. The Kier molecular flexibility index (Phi) is 8.49. The zero-order valence-corrected chi connectivity index (χ0v) is 27.8. The molecule has 2 aromatic carbocycles. The van der Waals surface area contributed by atoms with E-state index in [-0.39, 0.29) is 45.7 Å². The van der Waals surface area contributed by atoms with Crippen LogP contribution in [0, 0.1) is 24.7 Å². The number of carbonyl (C=O) groups excluding carboxylic acids is 3. The normalized spacial score (nSPS) is 19.5. The number of Topliss-reactive ketones (excluding diaryl/α,β-unsaturated/α-hetero) is 2. The van der Waals surface area contributed by atoms with E-state index in [1.54, 1.807) is 6.07 Å². The highest BCUT2D eigenvalue weighted by Crippen LogP contribution is 2.55. The molecule has 0 saturated carbocycles. The van der Waals surface area contributed by atoms with E-state index >= 15 is 0 Å². The average Bonchev–Trinajstić information content (AvgIpc) is 2.90. The highest BCUT2D eigenvalue weighted by atomic mass is 35.5. The molecule has 1 heterocycles. The molecule has 44 heavy (non-hydrogen) atoms. The van der Waals surface area contributed by atoms with Gasteiger partial charge in [-0.2, -0.15) is 0 Å². The number of amides is 1. The molecule has 0 spiro atoms. The number of hydrogen-bond acceptors (Lipinski definition) is 6. The molecule has 0 bridgehead atoms. The minimum absolute atomic E-state index is 0.0507. The SMILES string of the molecule is CCOc1cc(C2C3=C(CC(C)(C)CC3=O)N(C)C3=C2C(=O)CC(C)(C)C3)cc(Cl)c1OCC(=O)Nc1cc(C)ccc1C. The zero-order valence-electron chi connectivity index (χ0n) is 27.1. The van der Waals surface area contributed by atoms with Crippen molar-refractivity contribution in [2.24, 2.45) is 10.8 Å². The number of nitrogens with zero attached hydrogens (tertiary/aromatic N) is 1. The van der Waals surface area contributed by atoms with Gasteiger partial charge in [0.1, 0.15) is 0 Å². The van der Waals surface area contributed by atoms with Crippen LogP contribution < -0.4 is 14.8 Å². The molecule has 2 aromatic rings. The fourth-order valence-electron chi connectivity index (χ4n) is 6.85. The van der Waals surface area contributed by atoms with Crippen molar-refractivity contribution in [2.75, 3.05) is 25.6 Å². The summed E-state index contributed by atoms with van der Waals surface area (Å²) in [6.07, 6.45) is 2.27. The van der Waals surface area contributed by atoms with E-state index in [2.05, 4.69) is 37.9 Å². The Bertz CT molecular complexity index is 1560. The molecule has 5 rings (SSSR count). The maximum atomic E-state index is 13.9. The molecule has 0 radical (unpaired) electrons. The van der Waals surface area contributed by atoms with E-state index in [1.165, 1.54) is 0 Å². The Morgan fingerprint density at radius 2 is 1.52 bits per heavy atom. The van der Waals surface area contributed by atoms with Crippen molar-refractivity contribution in [3.05, 3.63) is 74.6 Å². The summed E-state index contributed by atoms with van der Waals surface area (Å²) in [5.74, 6) is -0.166. The third-order valence-electron chi connectivity index (χ3n) is 8.86. The molecule has 3 aliphatic rings. The van der Waals surface area contributed by atoms with Gasteiger partial charge in [-0.25, -0.2) is 0 Å². The quantitative estimate of drug-likeness (QED) is 0.342. The first-order valence-corrected chi connectivity index (χ1v) is 15.7.